The van der Waals surface area contributed by atoms with Gasteiger partial charge in [0.25, 0.3) is 0 Å². The first-order chi connectivity index (χ1) is 5.31. The first kappa shape index (κ1) is 11.5. The largest absolute Gasteiger partial charge is 0.460 e. The van der Waals surface area contributed by atoms with Crippen molar-refractivity contribution in [3.05, 3.63) is 0 Å². The summed E-state index contributed by atoms with van der Waals surface area (Å²) in [4.78, 5) is 11.1. The summed E-state index contributed by atoms with van der Waals surface area (Å²) < 4.78 is 5.15. The minimum absolute atomic E-state index is 0.0869. The van der Waals surface area contributed by atoms with Crippen LogP contribution in [0.3, 0.4) is 0 Å². The first-order valence-electron chi connectivity index (χ1n) is 4.53. The van der Waals surface area contributed by atoms with Crippen molar-refractivity contribution in [1.29, 1.82) is 0 Å². The van der Waals surface area contributed by atoms with E-state index in [-0.39, 0.29) is 11.6 Å². The van der Waals surface area contributed by atoms with Gasteiger partial charge in [0, 0.05) is 6.42 Å². The Morgan fingerprint density at radius 2 is 1.83 bits per heavy atom. The molecule has 2 nitrogen and oxygen atoms in total. The molecule has 12 heavy (non-hydrogen) atoms. The topological polar surface area (TPSA) is 26.3 Å². The van der Waals surface area contributed by atoms with Crippen LogP contribution in [-0.4, -0.2) is 11.6 Å². The van der Waals surface area contributed by atoms with Crippen LogP contribution >= 0.6 is 0 Å². The SMILES string of the molecule is CC(C)CCC(=O)OC(C)(C)C. The third-order valence-electron chi connectivity index (χ3n) is 1.35. The molecule has 0 atom stereocenters. The Morgan fingerprint density at radius 3 is 2.17 bits per heavy atom. The molecule has 0 radical (unpaired) electrons. The molecule has 0 aromatic carbocycles. The Balaban J connectivity index is 3.61. The minimum atomic E-state index is -0.339. The molecule has 0 rings (SSSR count). The Kier molecular flexibility index (Phi) is 4.29. The predicted octanol–water partition coefficient (Wildman–Crippen LogP) is 2.76. The molecule has 0 bridgehead atoms. The molecule has 0 heterocycles. The molecule has 0 N–H and O–H groups in total. The molecule has 2 heteroatoms. The average Bonchev–Trinajstić information content (AvgIpc) is 1.79. The van der Waals surface area contributed by atoms with E-state index in [0.29, 0.717) is 12.3 Å². The minimum Gasteiger partial charge on any atom is -0.460 e. The highest BCUT2D eigenvalue weighted by molar-refractivity contribution is 5.69. The number of hydrogen-bond acceptors (Lipinski definition) is 2. The molecule has 0 spiro atoms. The van der Waals surface area contributed by atoms with Gasteiger partial charge in [-0.15, -0.1) is 0 Å². The van der Waals surface area contributed by atoms with Crippen LogP contribution in [0.15, 0.2) is 0 Å². The summed E-state index contributed by atoms with van der Waals surface area (Å²) in [5, 5.41) is 0. The molecule has 0 aliphatic heterocycles. The Hall–Kier alpha value is -0.530. The molecular formula is C10H20O2. The molecule has 72 valence electrons. The van der Waals surface area contributed by atoms with Gasteiger partial charge in [0.1, 0.15) is 5.60 Å². The van der Waals surface area contributed by atoms with Gasteiger partial charge in [-0.1, -0.05) is 13.8 Å². The van der Waals surface area contributed by atoms with Gasteiger partial charge in [-0.05, 0) is 33.1 Å². The van der Waals surface area contributed by atoms with E-state index in [9.17, 15) is 4.79 Å². The quantitative estimate of drug-likeness (QED) is 0.612. The van der Waals surface area contributed by atoms with Crippen LogP contribution in [0, 0.1) is 5.92 Å². The highest BCUT2D eigenvalue weighted by Crippen LogP contribution is 2.11. The molecule has 0 saturated carbocycles. The Morgan fingerprint density at radius 1 is 1.33 bits per heavy atom. The maximum absolute atomic E-state index is 11.1. The van der Waals surface area contributed by atoms with Crippen LogP contribution in [0.5, 0.6) is 0 Å². The van der Waals surface area contributed by atoms with Crippen LogP contribution in [0.4, 0.5) is 0 Å². The molecule has 0 saturated heterocycles. The fourth-order valence-electron chi connectivity index (χ4n) is 0.799. The van der Waals surface area contributed by atoms with Gasteiger partial charge in [0.05, 0.1) is 0 Å². The summed E-state index contributed by atoms with van der Waals surface area (Å²) in [5.74, 6) is 0.480. The van der Waals surface area contributed by atoms with Crippen LogP contribution in [0.1, 0.15) is 47.5 Å². The molecule has 0 aliphatic carbocycles. The maximum atomic E-state index is 11.1. The summed E-state index contributed by atoms with van der Waals surface area (Å²) >= 11 is 0. The lowest BCUT2D eigenvalue weighted by Crippen LogP contribution is -2.23. The standard InChI is InChI=1S/C10H20O2/c1-8(2)6-7-9(11)12-10(3,4)5/h8H,6-7H2,1-5H3. The predicted molar refractivity (Wildman–Crippen MR) is 49.9 cm³/mol. The van der Waals surface area contributed by atoms with E-state index in [1.54, 1.807) is 0 Å². The van der Waals surface area contributed by atoms with Gasteiger partial charge in [-0.3, -0.25) is 4.79 Å². The van der Waals surface area contributed by atoms with Crippen molar-refractivity contribution in [3.63, 3.8) is 0 Å². The number of carbonyl (C=O) groups is 1. The van der Waals surface area contributed by atoms with E-state index in [4.69, 9.17) is 4.74 Å². The van der Waals surface area contributed by atoms with Crippen molar-refractivity contribution in [1.82, 2.24) is 0 Å². The fraction of sp³-hybridized carbons (Fsp3) is 0.900. The van der Waals surface area contributed by atoms with Crippen molar-refractivity contribution in [2.45, 2.75) is 53.1 Å². The highest BCUT2D eigenvalue weighted by atomic mass is 16.6. The summed E-state index contributed by atoms with van der Waals surface area (Å²) in [5.41, 5.74) is -0.339. The van der Waals surface area contributed by atoms with E-state index in [1.165, 1.54) is 0 Å². The third-order valence-corrected chi connectivity index (χ3v) is 1.35. The third kappa shape index (κ3) is 7.58. The zero-order valence-electron chi connectivity index (χ0n) is 8.81. The van der Waals surface area contributed by atoms with Gasteiger partial charge in [-0.2, -0.15) is 0 Å². The van der Waals surface area contributed by atoms with Gasteiger partial charge in [0.2, 0.25) is 0 Å². The van der Waals surface area contributed by atoms with Crippen LogP contribution < -0.4 is 0 Å². The second-order valence-electron chi connectivity index (χ2n) is 4.52. The average molecular weight is 172 g/mol. The van der Waals surface area contributed by atoms with E-state index in [2.05, 4.69) is 13.8 Å². The van der Waals surface area contributed by atoms with Crippen LogP contribution in [0.25, 0.3) is 0 Å². The molecule has 0 unspecified atom stereocenters. The van der Waals surface area contributed by atoms with E-state index < -0.39 is 0 Å². The number of rotatable bonds is 3. The van der Waals surface area contributed by atoms with E-state index in [0.717, 1.165) is 6.42 Å². The normalized spacial score (nSPS) is 11.8. The van der Waals surface area contributed by atoms with Gasteiger partial charge >= 0.3 is 5.97 Å². The zero-order chi connectivity index (χ0) is 9.78. The molecule has 0 aromatic rings. The molecular weight excluding hydrogens is 152 g/mol. The number of hydrogen-bond donors (Lipinski definition) is 0. The van der Waals surface area contributed by atoms with Crippen molar-refractivity contribution < 1.29 is 9.53 Å². The van der Waals surface area contributed by atoms with Gasteiger partial charge in [-0.25, -0.2) is 0 Å². The van der Waals surface area contributed by atoms with Gasteiger partial charge < -0.3 is 4.74 Å². The van der Waals surface area contributed by atoms with Crippen molar-refractivity contribution in [3.8, 4) is 0 Å². The lowest BCUT2D eigenvalue weighted by molar-refractivity contribution is -0.155. The van der Waals surface area contributed by atoms with Crippen LogP contribution in [-0.2, 0) is 9.53 Å². The molecule has 0 aliphatic rings. The Labute approximate surface area is 75.3 Å². The summed E-state index contributed by atoms with van der Waals surface area (Å²) in [6, 6.07) is 0. The molecule has 0 aromatic heterocycles. The number of esters is 1. The smallest absolute Gasteiger partial charge is 0.306 e. The molecule has 0 fully saturated rings. The second kappa shape index (κ2) is 4.48. The lowest BCUT2D eigenvalue weighted by atomic mass is 10.1. The Bertz CT molecular complexity index is 142. The van der Waals surface area contributed by atoms with Crippen molar-refractivity contribution in [2.24, 2.45) is 5.92 Å². The monoisotopic (exact) mass is 172 g/mol. The lowest BCUT2D eigenvalue weighted by Gasteiger charge is -2.19. The zero-order valence-corrected chi connectivity index (χ0v) is 8.81. The summed E-state index contributed by atoms with van der Waals surface area (Å²) in [6.45, 7) is 9.87. The highest BCUT2D eigenvalue weighted by Gasteiger charge is 2.15. The number of ether oxygens (including phenoxy) is 1. The van der Waals surface area contributed by atoms with E-state index in [1.807, 2.05) is 20.8 Å². The van der Waals surface area contributed by atoms with Gasteiger partial charge in [0.15, 0.2) is 0 Å². The molecule has 0 amide bonds. The van der Waals surface area contributed by atoms with Crippen LogP contribution in [0.2, 0.25) is 0 Å². The second-order valence-corrected chi connectivity index (χ2v) is 4.52. The summed E-state index contributed by atoms with van der Waals surface area (Å²) in [6.07, 6.45) is 1.45. The number of carbonyl (C=O) groups excluding carboxylic acids is 1. The maximum Gasteiger partial charge on any atom is 0.306 e. The van der Waals surface area contributed by atoms with Crippen molar-refractivity contribution >= 4 is 5.97 Å². The van der Waals surface area contributed by atoms with E-state index >= 15 is 0 Å². The first-order valence-corrected chi connectivity index (χ1v) is 4.53. The summed E-state index contributed by atoms with van der Waals surface area (Å²) in [7, 11) is 0. The van der Waals surface area contributed by atoms with Crippen molar-refractivity contribution in [2.75, 3.05) is 0 Å². The fourth-order valence-corrected chi connectivity index (χ4v) is 0.799.